The first kappa shape index (κ1) is 19.4. The van der Waals surface area contributed by atoms with Crippen LogP contribution in [0.1, 0.15) is 0 Å². The van der Waals surface area contributed by atoms with E-state index in [0.717, 1.165) is 12.4 Å². The maximum absolute atomic E-state index is 11.6. The normalized spacial score (nSPS) is 20.4. The van der Waals surface area contributed by atoms with Gasteiger partial charge in [0.15, 0.2) is 0 Å². The molecule has 0 saturated carbocycles. The Morgan fingerprint density at radius 3 is 2.46 bits per heavy atom. The topological polar surface area (TPSA) is 65.5 Å². The molecule has 9 heteroatoms. The molecule has 1 saturated heterocycles. The molecule has 2 heterocycles. The number of aliphatic imine (C=N–C) groups is 1. The van der Waals surface area contributed by atoms with Gasteiger partial charge in [-0.1, -0.05) is 19.6 Å². The van der Waals surface area contributed by atoms with Gasteiger partial charge in [0, 0.05) is 53.3 Å². The fraction of sp³-hybridized carbons (Fsp3) is 0.800. The summed E-state index contributed by atoms with van der Waals surface area (Å²) in [4.78, 5) is 8.74. The zero-order valence-electron chi connectivity index (χ0n) is 15.2. The van der Waals surface area contributed by atoms with Crippen LogP contribution in [0.3, 0.4) is 0 Å². The van der Waals surface area contributed by atoms with Crippen molar-refractivity contribution < 1.29 is 13.2 Å². The molecule has 0 aromatic heterocycles. The highest BCUT2D eigenvalue weighted by atomic mass is 32.2. The average Bonchev–Trinajstić information content (AvgIpc) is 2.50. The van der Waals surface area contributed by atoms with E-state index >= 15 is 0 Å². The summed E-state index contributed by atoms with van der Waals surface area (Å²) >= 11 is 0. The van der Waals surface area contributed by atoms with Crippen LogP contribution in [0, 0.1) is 0 Å². The molecule has 0 aromatic rings. The summed E-state index contributed by atoms with van der Waals surface area (Å²) in [6.45, 7) is 11.5. The Kier molecular flexibility index (Phi) is 6.46. The minimum absolute atomic E-state index is 0.522. The first-order valence-electron chi connectivity index (χ1n) is 8.40. The first-order valence-corrected chi connectivity index (χ1v) is 14.0. The summed E-state index contributed by atoms with van der Waals surface area (Å²) in [5, 5.41) is 0. The predicted molar refractivity (Wildman–Crippen MR) is 100 cm³/mol. The number of piperazine rings is 1. The van der Waals surface area contributed by atoms with E-state index in [-0.39, 0.29) is 0 Å². The molecule has 1 fully saturated rings. The van der Waals surface area contributed by atoms with Crippen LogP contribution < -0.4 is 0 Å². The highest BCUT2D eigenvalue weighted by molar-refractivity contribution is 7.88. The molecule has 138 valence electrons. The van der Waals surface area contributed by atoms with Gasteiger partial charge in [0.05, 0.1) is 12.8 Å². The Balaban J connectivity index is 1.76. The molecule has 0 aliphatic carbocycles. The second-order valence-electron chi connectivity index (χ2n) is 7.59. The fourth-order valence-corrected chi connectivity index (χ4v) is 4.18. The first-order chi connectivity index (χ1) is 11.1. The molecule has 0 N–H and O–H groups in total. The summed E-state index contributed by atoms with van der Waals surface area (Å²) in [5.41, 5.74) is 0. The molecule has 0 unspecified atom stereocenters. The van der Waals surface area contributed by atoms with E-state index < -0.39 is 18.1 Å². The maximum atomic E-state index is 11.6. The van der Waals surface area contributed by atoms with Crippen molar-refractivity contribution in [1.82, 2.24) is 14.1 Å². The van der Waals surface area contributed by atoms with Crippen molar-refractivity contribution in [3.05, 3.63) is 12.4 Å². The lowest BCUT2D eigenvalue weighted by molar-refractivity contribution is 0.0672. The van der Waals surface area contributed by atoms with Crippen molar-refractivity contribution >= 4 is 23.9 Å². The zero-order valence-corrected chi connectivity index (χ0v) is 17.0. The van der Waals surface area contributed by atoms with Crippen molar-refractivity contribution in [2.75, 3.05) is 52.3 Å². The van der Waals surface area contributed by atoms with E-state index in [1.54, 1.807) is 6.20 Å². The molecule has 2 aliphatic heterocycles. The lowest BCUT2D eigenvalue weighted by Gasteiger charge is -2.37. The molecule has 0 bridgehead atoms. The fourth-order valence-electron chi connectivity index (χ4n) is 2.60. The Morgan fingerprint density at radius 1 is 1.21 bits per heavy atom. The van der Waals surface area contributed by atoms with Crippen molar-refractivity contribution in [3.63, 3.8) is 0 Å². The summed E-state index contributed by atoms with van der Waals surface area (Å²) < 4.78 is 30.5. The van der Waals surface area contributed by atoms with Gasteiger partial charge in [-0.15, -0.1) is 0 Å². The smallest absolute Gasteiger partial charge is 0.211 e. The third-order valence-corrected chi connectivity index (χ3v) is 7.18. The highest BCUT2D eigenvalue weighted by Gasteiger charge is 2.26. The van der Waals surface area contributed by atoms with Crippen LogP contribution in [-0.2, 0) is 14.8 Å². The van der Waals surface area contributed by atoms with Gasteiger partial charge in [-0.2, -0.15) is 4.31 Å². The van der Waals surface area contributed by atoms with Crippen molar-refractivity contribution in [1.29, 1.82) is 0 Å². The second-order valence-corrected chi connectivity index (χ2v) is 15.2. The molecule has 7 nitrogen and oxygen atoms in total. The number of hydrogen-bond acceptors (Lipinski definition) is 6. The quantitative estimate of drug-likeness (QED) is 0.514. The summed E-state index contributed by atoms with van der Waals surface area (Å²) in [5.74, 6) is 0.986. The highest BCUT2D eigenvalue weighted by Crippen LogP contribution is 2.11. The van der Waals surface area contributed by atoms with Gasteiger partial charge in [-0.25, -0.2) is 13.4 Å². The lowest BCUT2D eigenvalue weighted by atomic mass is 10.3. The van der Waals surface area contributed by atoms with Gasteiger partial charge in [-0.05, 0) is 6.04 Å². The van der Waals surface area contributed by atoms with E-state index in [2.05, 4.69) is 34.4 Å². The Labute approximate surface area is 147 Å². The number of hydrogen-bond donors (Lipinski definition) is 0. The monoisotopic (exact) mass is 374 g/mol. The molecule has 24 heavy (non-hydrogen) atoms. The molecule has 0 atom stereocenters. The molecule has 2 rings (SSSR count). The van der Waals surface area contributed by atoms with Gasteiger partial charge in [-0.3, -0.25) is 0 Å². The molecular weight excluding hydrogens is 344 g/mol. The van der Waals surface area contributed by atoms with Crippen molar-refractivity contribution in [2.45, 2.75) is 25.7 Å². The minimum atomic E-state index is -3.09. The van der Waals surface area contributed by atoms with E-state index in [9.17, 15) is 8.42 Å². The number of nitrogens with zero attached hydrogens (tertiary/aromatic N) is 4. The summed E-state index contributed by atoms with van der Waals surface area (Å²) in [7, 11) is -4.15. The third kappa shape index (κ3) is 6.19. The van der Waals surface area contributed by atoms with Crippen LogP contribution in [0.5, 0.6) is 0 Å². The standard InChI is InChI=1S/C15H30N4O3SSi/c1-23(20,21)19-9-7-18(8-10-19)15-13-17(6-5-16-15)14-22-11-12-24(2,3)4/h5-6H,7-14H2,1-4H3. The van der Waals surface area contributed by atoms with Gasteiger partial charge >= 0.3 is 0 Å². The largest absolute Gasteiger partial charge is 0.361 e. The van der Waals surface area contributed by atoms with E-state index in [1.165, 1.54) is 16.6 Å². The Hall–Kier alpha value is -0.903. The minimum Gasteiger partial charge on any atom is -0.361 e. The Morgan fingerprint density at radius 2 is 1.88 bits per heavy atom. The number of sulfonamides is 1. The van der Waals surface area contributed by atoms with Crippen molar-refractivity contribution in [2.24, 2.45) is 4.99 Å². The van der Waals surface area contributed by atoms with Crippen LogP contribution in [-0.4, -0.2) is 88.7 Å². The maximum Gasteiger partial charge on any atom is 0.211 e. The van der Waals surface area contributed by atoms with Gasteiger partial charge in [0.1, 0.15) is 12.6 Å². The number of amidine groups is 1. The Bertz CT molecular complexity index is 578. The number of rotatable bonds is 6. The second kappa shape index (κ2) is 7.98. The van der Waals surface area contributed by atoms with Gasteiger partial charge < -0.3 is 14.5 Å². The van der Waals surface area contributed by atoms with Crippen LogP contribution in [0.4, 0.5) is 0 Å². The van der Waals surface area contributed by atoms with E-state index in [4.69, 9.17) is 4.74 Å². The lowest BCUT2D eigenvalue weighted by Crippen LogP contribution is -2.52. The van der Waals surface area contributed by atoms with Crippen LogP contribution in [0.25, 0.3) is 0 Å². The van der Waals surface area contributed by atoms with E-state index in [0.29, 0.717) is 39.5 Å². The zero-order chi connectivity index (χ0) is 17.8. The molecule has 0 amide bonds. The predicted octanol–water partition coefficient (Wildman–Crippen LogP) is 1.06. The number of ether oxygens (including phenoxy) is 1. The van der Waals surface area contributed by atoms with Gasteiger partial charge in [0.25, 0.3) is 0 Å². The van der Waals surface area contributed by atoms with Gasteiger partial charge in [0.2, 0.25) is 10.0 Å². The average molecular weight is 375 g/mol. The third-order valence-electron chi connectivity index (χ3n) is 4.17. The van der Waals surface area contributed by atoms with E-state index in [1.807, 2.05) is 6.20 Å². The molecule has 0 spiro atoms. The summed E-state index contributed by atoms with van der Waals surface area (Å²) in [6.07, 6.45) is 5.01. The van der Waals surface area contributed by atoms with Crippen LogP contribution in [0.2, 0.25) is 25.7 Å². The SMILES string of the molecule is C[Si](C)(C)CCOCN1C=CN=C(N2CCN(S(C)(=O)=O)CC2)C1. The molecule has 2 aliphatic rings. The molecule has 0 radical (unpaired) electrons. The van der Waals surface area contributed by atoms with Crippen LogP contribution in [0.15, 0.2) is 17.4 Å². The van der Waals surface area contributed by atoms with Crippen LogP contribution >= 0.6 is 0 Å². The molecule has 0 aromatic carbocycles. The van der Waals surface area contributed by atoms with Crippen molar-refractivity contribution in [3.8, 4) is 0 Å². The molecular formula is C15H30N4O3SSi. The summed E-state index contributed by atoms with van der Waals surface area (Å²) in [6, 6.07) is 1.17.